The number of aromatic nitrogens is 1. The van der Waals surface area contributed by atoms with Gasteiger partial charge >= 0.3 is 0 Å². The van der Waals surface area contributed by atoms with Crippen molar-refractivity contribution in [2.75, 3.05) is 0 Å². The number of nitrogens with zero attached hydrogens (tertiary/aromatic N) is 1. The molecule has 0 aliphatic carbocycles. The zero-order chi connectivity index (χ0) is 10.1. The predicted octanol–water partition coefficient (Wildman–Crippen LogP) is 3.65. The number of fused-ring (bicyclic) bond motifs is 1. The number of rotatable bonds is 2. The molecule has 2 rings (SSSR count). The van der Waals surface area contributed by atoms with Crippen molar-refractivity contribution in [2.24, 2.45) is 0 Å². The summed E-state index contributed by atoms with van der Waals surface area (Å²) >= 11 is 0. The van der Waals surface area contributed by atoms with Gasteiger partial charge in [0.1, 0.15) is 5.52 Å². The molecule has 1 aromatic heterocycles. The summed E-state index contributed by atoms with van der Waals surface area (Å²) in [5.41, 5.74) is 3.09. The van der Waals surface area contributed by atoms with E-state index in [0.29, 0.717) is 5.92 Å². The minimum Gasteiger partial charge on any atom is -0.440 e. The van der Waals surface area contributed by atoms with Crippen LogP contribution < -0.4 is 0 Å². The lowest BCUT2D eigenvalue weighted by atomic mass is 10.1. The van der Waals surface area contributed by atoms with Gasteiger partial charge in [-0.15, -0.1) is 0 Å². The lowest BCUT2D eigenvalue weighted by molar-refractivity contribution is 0.479. The SMILES string of the molecule is CCC(C)c1nc2cc(C)ccc2o1. The number of oxazole rings is 1. The predicted molar refractivity (Wildman–Crippen MR) is 57.5 cm³/mol. The van der Waals surface area contributed by atoms with E-state index < -0.39 is 0 Å². The van der Waals surface area contributed by atoms with Crippen molar-refractivity contribution in [1.82, 2.24) is 4.98 Å². The maximum Gasteiger partial charge on any atom is 0.198 e. The van der Waals surface area contributed by atoms with Crippen molar-refractivity contribution in [3.8, 4) is 0 Å². The van der Waals surface area contributed by atoms with Gasteiger partial charge in [-0.25, -0.2) is 4.98 Å². The first-order valence-corrected chi connectivity index (χ1v) is 5.07. The van der Waals surface area contributed by atoms with Gasteiger partial charge in [0.05, 0.1) is 0 Å². The molecule has 0 aliphatic heterocycles. The highest BCUT2D eigenvalue weighted by Crippen LogP contribution is 2.23. The summed E-state index contributed by atoms with van der Waals surface area (Å²) in [5, 5.41) is 0. The molecule has 2 heteroatoms. The highest BCUT2D eigenvalue weighted by atomic mass is 16.3. The Morgan fingerprint density at radius 3 is 2.93 bits per heavy atom. The average molecular weight is 189 g/mol. The van der Waals surface area contributed by atoms with Crippen LogP contribution in [-0.2, 0) is 0 Å². The number of benzene rings is 1. The molecule has 14 heavy (non-hydrogen) atoms. The van der Waals surface area contributed by atoms with Crippen molar-refractivity contribution in [1.29, 1.82) is 0 Å². The number of aryl methyl sites for hydroxylation is 1. The third-order valence-electron chi connectivity index (χ3n) is 2.59. The quantitative estimate of drug-likeness (QED) is 0.720. The van der Waals surface area contributed by atoms with Crippen LogP contribution in [0, 0.1) is 6.92 Å². The zero-order valence-electron chi connectivity index (χ0n) is 8.87. The van der Waals surface area contributed by atoms with E-state index in [1.54, 1.807) is 0 Å². The van der Waals surface area contributed by atoms with Gasteiger partial charge < -0.3 is 4.42 Å². The molecule has 2 aromatic rings. The summed E-state index contributed by atoms with van der Waals surface area (Å²) in [6.45, 7) is 6.35. The first kappa shape index (κ1) is 9.25. The lowest BCUT2D eigenvalue weighted by Crippen LogP contribution is -1.89. The zero-order valence-corrected chi connectivity index (χ0v) is 8.87. The van der Waals surface area contributed by atoms with Crippen LogP contribution in [0.2, 0.25) is 0 Å². The molecule has 0 N–H and O–H groups in total. The van der Waals surface area contributed by atoms with Gasteiger partial charge in [0.25, 0.3) is 0 Å². The van der Waals surface area contributed by atoms with Gasteiger partial charge in [0, 0.05) is 5.92 Å². The van der Waals surface area contributed by atoms with Gasteiger partial charge in [0.2, 0.25) is 0 Å². The molecule has 0 aliphatic rings. The fourth-order valence-electron chi connectivity index (χ4n) is 1.44. The largest absolute Gasteiger partial charge is 0.440 e. The van der Waals surface area contributed by atoms with Crippen LogP contribution in [0.3, 0.4) is 0 Å². The van der Waals surface area contributed by atoms with Crippen molar-refractivity contribution in [3.05, 3.63) is 29.7 Å². The van der Waals surface area contributed by atoms with Crippen LogP contribution >= 0.6 is 0 Å². The molecule has 0 spiro atoms. The van der Waals surface area contributed by atoms with E-state index in [2.05, 4.69) is 31.8 Å². The molecule has 1 heterocycles. The maximum absolute atomic E-state index is 5.66. The first-order chi connectivity index (χ1) is 6.70. The molecule has 0 amide bonds. The molecule has 0 radical (unpaired) electrons. The third kappa shape index (κ3) is 1.52. The van der Waals surface area contributed by atoms with Crippen LogP contribution in [0.1, 0.15) is 37.6 Å². The molecule has 0 saturated heterocycles. The van der Waals surface area contributed by atoms with Crippen LogP contribution in [0.4, 0.5) is 0 Å². The van der Waals surface area contributed by atoms with E-state index in [9.17, 15) is 0 Å². The fraction of sp³-hybridized carbons (Fsp3) is 0.417. The van der Waals surface area contributed by atoms with Crippen molar-refractivity contribution >= 4 is 11.1 Å². The Bertz CT molecular complexity index is 445. The van der Waals surface area contributed by atoms with Gasteiger partial charge in [-0.1, -0.05) is 19.9 Å². The Labute approximate surface area is 84.0 Å². The summed E-state index contributed by atoms with van der Waals surface area (Å²) in [6.07, 6.45) is 1.06. The molecule has 0 saturated carbocycles. The number of hydrogen-bond acceptors (Lipinski definition) is 2. The van der Waals surface area contributed by atoms with E-state index in [1.165, 1.54) is 5.56 Å². The summed E-state index contributed by atoms with van der Waals surface area (Å²) in [7, 11) is 0. The standard InChI is InChI=1S/C12H15NO/c1-4-9(3)12-13-10-7-8(2)5-6-11(10)14-12/h5-7,9H,4H2,1-3H3. The third-order valence-corrected chi connectivity index (χ3v) is 2.59. The van der Waals surface area contributed by atoms with E-state index in [0.717, 1.165) is 23.4 Å². The summed E-state index contributed by atoms with van der Waals surface area (Å²) in [6, 6.07) is 6.10. The Balaban J connectivity index is 2.51. The van der Waals surface area contributed by atoms with E-state index in [1.807, 2.05) is 12.1 Å². The highest BCUT2D eigenvalue weighted by molar-refractivity contribution is 5.73. The molecule has 74 valence electrons. The Morgan fingerprint density at radius 1 is 1.43 bits per heavy atom. The molecule has 1 atom stereocenters. The minimum atomic E-state index is 0.405. The van der Waals surface area contributed by atoms with Crippen LogP contribution in [-0.4, -0.2) is 4.98 Å². The molecular weight excluding hydrogens is 174 g/mol. The normalized spacial score (nSPS) is 13.4. The van der Waals surface area contributed by atoms with Crippen molar-refractivity contribution < 1.29 is 4.42 Å². The van der Waals surface area contributed by atoms with Crippen LogP contribution in [0.25, 0.3) is 11.1 Å². The van der Waals surface area contributed by atoms with Crippen molar-refractivity contribution in [3.63, 3.8) is 0 Å². The summed E-state index contributed by atoms with van der Waals surface area (Å²) in [4.78, 5) is 4.48. The highest BCUT2D eigenvalue weighted by Gasteiger charge is 2.11. The second kappa shape index (κ2) is 3.45. The van der Waals surface area contributed by atoms with Crippen LogP contribution in [0.15, 0.2) is 22.6 Å². The monoisotopic (exact) mass is 189 g/mol. The number of hydrogen-bond donors (Lipinski definition) is 0. The Morgan fingerprint density at radius 2 is 2.21 bits per heavy atom. The van der Waals surface area contributed by atoms with Gasteiger partial charge in [0.15, 0.2) is 11.5 Å². The topological polar surface area (TPSA) is 26.0 Å². The van der Waals surface area contributed by atoms with Crippen LogP contribution in [0.5, 0.6) is 0 Å². The Kier molecular flexibility index (Phi) is 2.28. The average Bonchev–Trinajstić information content (AvgIpc) is 2.59. The lowest BCUT2D eigenvalue weighted by Gasteiger charge is -1.99. The first-order valence-electron chi connectivity index (χ1n) is 5.07. The van der Waals surface area contributed by atoms with Gasteiger partial charge in [-0.3, -0.25) is 0 Å². The second-order valence-corrected chi connectivity index (χ2v) is 3.83. The molecule has 2 nitrogen and oxygen atoms in total. The molecule has 0 bridgehead atoms. The molecular formula is C12H15NO. The van der Waals surface area contributed by atoms with E-state index >= 15 is 0 Å². The second-order valence-electron chi connectivity index (χ2n) is 3.83. The molecule has 0 fully saturated rings. The smallest absolute Gasteiger partial charge is 0.198 e. The molecule has 1 unspecified atom stereocenters. The molecule has 1 aromatic carbocycles. The van der Waals surface area contributed by atoms with Crippen molar-refractivity contribution in [2.45, 2.75) is 33.1 Å². The summed E-state index contributed by atoms with van der Waals surface area (Å²) < 4.78 is 5.66. The van der Waals surface area contributed by atoms with E-state index in [-0.39, 0.29) is 0 Å². The van der Waals surface area contributed by atoms with Gasteiger partial charge in [-0.05, 0) is 31.0 Å². The Hall–Kier alpha value is -1.31. The fourth-order valence-corrected chi connectivity index (χ4v) is 1.44. The van der Waals surface area contributed by atoms with Gasteiger partial charge in [-0.2, -0.15) is 0 Å². The minimum absolute atomic E-state index is 0.405. The summed E-state index contributed by atoms with van der Waals surface area (Å²) in [5.74, 6) is 1.26. The van der Waals surface area contributed by atoms with E-state index in [4.69, 9.17) is 4.42 Å². The maximum atomic E-state index is 5.66.